The number of carboxylic acids is 1. The summed E-state index contributed by atoms with van der Waals surface area (Å²) in [6.07, 6.45) is 1.45. The van der Waals surface area contributed by atoms with Gasteiger partial charge in [0.1, 0.15) is 5.82 Å². The monoisotopic (exact) mass is 255 g/mol. The molecule has 92 valence electrons. The number of nitrogens with zero attached hydrogens (tertiary/aromatic N) is 2. The standard InChI is InChI=1S/C11H14ClN3O2/c1-6(2)10-14-5-8(13-4-7(3)12)9(15-10)11(16)17/h5-6,13H,3-4H2,1-2H3,(H,16,17). The van der Waals surface area contributed by atoms with Gasteiger partial charge in [0.2, 0.25) is 0 Å². The first-order chi connectivity index (χ1) is 7.91. The van der Waals surface area contributed by atoms with E-state index in [0.29, 0.717) is 16.5 Å². The summed E-state index contributed by atoms with van der Waals surface area (Å²) in [6.45, 7) is 7.57. The van der Waals surface area contributed by atoms with Crippen LogP contribution in [0.2, 0.25) is 0 Å². The number of hydrogen-bond acceptors (Lipinski definition) is 4. The molecule has 1 heterocycles. The summed E-state index contributed by atoms with van der Waals surface area (Å²) in [6, 6.07) is 0. The van der Waals surface area contributed by atoms with E-state index in [-0.39, 0.29) is 18.2 Å². The Bertz CT molecular complexity index is 446. The lowest BCUT2D eigenvalue weighted by Crippen LogP contribution is -2.12. The summed E-state index contributed by atoms with van der Waals surface area (Å²) in [5.74, 6) is -0.528. The van der Waals surface area contributed by atoms with Gasteiger partial charge < -0.3 is 10.4 Å². The maximum absolute atomic E-state index is 11.1. The van der Waals surface area contributed by atoms with Crippen LogP contribution in [-0.4, -0.2) is 27.6 Å². The number of rotatable bonds is 5. The third kappa shape index (κ3) is 3.71. The largest absolute Gasteiger partial charge is 0.476 e. The second-order valence-corrected chi connectivity index (χ2v) is 4.36. The van der Waals surface area contributed by atoms with Gasteiger partial charge in [-0.15, -0.1) is 0 Å². The van der Waals surface area contributed by atoms with Crippen LogP contribution in [0.5, 0.6) is 0 Å². The van der Waals surface area contributed by atoms with Crippen molar-refractivity contribution in [3.8, 4) is 0 Å². The molecule has 0 spiro atoms. The van der Waals surface area contributed by atoms with Crippen molar-refractivity contribution in [2.45, 2.75) is 19.8 Å². The molecular formula is C11H14ClN3O2. The van der Waals surface area contributed by atoms with Gasteiger partial charge in [0, 0.05) is 11.0 Å². The van der Waals surface area contributed by atoms with Crippen LogP contribution in [0.1, 0.15) is 36.1 Å². The van der Waals surface area contributed by atoms with Gasteiger partial charge in [0.05, 0.1) is 18.4 Å². The lowest BCUT2D eigenvalue weighted by atomic mass is 10.2. The highest BCUT2D eigenvalue weighted by Crippen LogP contribution is 2.16. The SMILES string of the molecule is C=C(Cl)CNc1cnc(C(C)C)nc1C(=O)O. The van der Waals surface area contributed by atoms with E-state index >= 15 is 0 Å². The van der Waals surface area contributed by atoms with Crippen molar-refractivity contribution in [2.24, 2.45) is 0 Å². The van der Waals surface area contributed by atoms with Crippen LogP contribution in [-0.2, 0) is 0 Å². The third-order valence-corrected chi connectivity index (χ3v) is 2.13. The van der Waals surface area contributed by atoms with E-state index < -0.39 is 5.97 Å². The van der Waals surface area contributed by atoms with Gasteiger partial charge in [-0.25, -0.2) is 14.8 Å². The number of aromatic nitrogens is 2. The average molecular weight is 256 g/mol. The average Bonchev–Trinajstić information content (AvgIpc) is 2.25. The van der Waals surface area contributed by atoms with E-state index in [4.69, 9.17) is 16.7 Å². The Morgan fingerprint density at radius 2 is 2.29 bits per heavy atom. The predicted octanol–water partition coefficient (Wildman–Crippen LogP) is 2.46. The molecule has 0 amide bonds. The van der Waals surface area contributed by atoms with Gasteiger partial charge in [0.25, 0.3) is 0 Å². The molecule has 17 heavy (non-hydrogen) atoms. The van der Waals surface area contributed by atoms with Gasteiger partial charge in [0.15, 0.2) is 5.69 Å². The highest BCUT2D eigenvalue weighted by atomic mass is 35.5. The molecule has 0 saturated heterocycles. The molecule has 1 aromatic heterocycles. The summed E-state index contributed by atoms with van der Waals surface area (Å²) < 4.78 is 0. The summed E-state index contributed by atoms with van der Waals surface area (Å²) in [4.78, 5) is 19.1. The van der Waals surface area contributed by atoms with Crippen molar-refractivity contribution in [3.63, 3.8) is 0 Å². The van der Waals surface area contributed by atoms with E-state index in [2.05, 4.69) is 21.9 Å². The van der Waals surface area contributed by atoms with Crippen LogP contribution in [0.4, 0.5) is 5.69 Å². The molecule has 1 aromatic rings. The number of carbonyl (C=O) groups is 1. The minimum Gasteiger partial charge on any atom is -0.476 e. The van der Waals surface area contributed by atoms with Crippen LogP contribution in [0.3, 0.4) is 0 Å². The molecule has 0 aliphatic rings. The maximum atomic E-state index is 11.1. The van der Waals surface area contributed by atoms with E-state index in [0.717, 1.165) is 0 Å². The molecule has 5 nitrogen and oxygen atoms in total. The smallest absolute Gasteiger partial charge is 0.356 e. The van der Waals surface area contributed by atoms with Crippen molar-refractivity contribution < 1.29 is 9.90 Å². The number of anilines is 1. The molecule has 1 rings (SSSR count). The number of halogens is 1. The Balaban J connectivity index is 3.04. The summed E-state index contributed by atoms with van der Waals surface area (Å²) in [5.41, 5.74) is 0.283. The fourth-order valence-electron chi connectivity index (χ4n) is 1.16. The fourth-order valence-corrected chi connectivity index (χ4v) is 1.22. The number of nitrogens with one attached hydrogen (secondary N) is 1. The zero-order valence-electron chi connectivity index (χ0n) is 9.70. The van der Waals surface area contributed by atoms with Crippen LogP contribution >= 0.6 is 11.6 Å². The Morgan fingerprint density at radius 1 is 1.65 bits per heavy atom. The van der Waals surface area contributed by atoms with Gasteiger partial charge in [-0.1, -0.05) is 32.0 Å². The topological polar surface area (TPSA) is 75.1 Å². The Kier molecular flexibility index (Phi) is 4.45. The lowest BCUT2D eigenvalue weighted by Gasteiger charge is -2.10. The summed E-state index contributed by atoms with van der Waals surface area (Å²) >= 11 is 5.60. The highest BCUT2D eigenvalue weighted by molar-refractivity contribution is 6.29. The quantitative estimate of drug-likeness (QED) is 0.845. The van der Waals surface area contributed by atoms with Gasteiger partial charge >= 0.3 is 5.97 Å². The number of aromatic carboxylic acids is 1. The molecule has 0 unspecified atom stereocenters. The molecule has 0 aliphatic carbocycles. The molecule has 0 saturated carbocycles. The highest BCUT2D eigenvalue weighted by Gasteiger charge is 2.15. The number of hydrogen-bond donors (Lipinski definition) is 2. The van der Waals surface area contributed by atoms with Crippen LogP contribution in [0.25, 0.3) is 0 Å². The van der Waals surface area contributed by atoms with Crippen LogP contribution in [0.15, 0.2) is 17.8 Å². The van der Waals surface area contributed by atoms with Gasteiger partial charge in [-0.05, 0) is 0 Å². The van der Waals surface area contributed by atoms with Crippen molar-refractivity contribution in [1.82, 2.24) is 9.97 Å². The minimum atomic E-state index is -1.10. The zero-order chi connectivity index (χ0) is 13.0. The van der Waals surface area contributed by atoms with Crippen molar-refractivity contribution in [2.75, 3.05) is 11.9 Å². The van der Waals surface area contributed by atoms with E-state index in [1.807, 2.05) is 13.8 Å². The molecule has 0 atom stereocenters. The molecule has 0 bridgehead atoms. The molecule has 0 fully saturated rings. The van der Waals surface area contributed by atoms with Gasteiger partial charge in [-0.2, -0.15) is 0 Å². The Labute approximate surface area is 105 Å². The first kappa shape index (κ1) is 13.4. The van der Waals surface area contributed by atoms with Crippen LogP contribution < -0.4 is 5.32 Å². The Hall–Kier alpha value is -1.62. The second-order valence-electron chi connectivity index (χ2n) is 3.82. The summed E-state index contributed by atoms with van der Waals surface area (Å²) in [7, 11) is 0. The maximum Gasteiger partial charge on any atom is 0.356 e. The normalized spacial score (nSPS) is 10.4. The van der Waals surface area contributed by atoms with E-state index in [1.54, 1.807) is 0 Å². The lowest BCUT2D eigenvalue weighted by molar-refractivity contribution is 0.0691. The minimum absolute atomic E-state index is 0.0541. The molecule has 0 radical (unpaired) electrons. The molecule has 6 heteroatoms. The predicted molar refractivity (Wildman–Crippen MR) is 66.6 cm³/mol. The second kappa shape index (κ2) is 5.63. The third-order valence-electron chi connectivity index (χ3n) is 2.00. The molecule has 2 N–H and O–H groups in total. The number of carboxylic acid groups (broad SMARTS) is 1. The molecule has 0 aromatic carbocycles. The van der Waals surface area contributed by atoms with E-state index in [9.17, 15) is 4.79 Å². The summed E-state index contributed by atoms with van der Waals surface area (Å²) in [5, 5.41) is 12.3. The van der Waals surface area contributed by atoms with Crippen molar-refractivity contribution >= 4 is 23.3 Å². The first-order valence-corrected chi connectivity index (χ1v) is 5.47. The first-order valence-electron chi connectivity index (χ1n) is 5.09. The fraction of sp³-hybridized carbons (Fsp3) is 0.364. The Morgan fingerprint density at radius 3 is 2.76 bits per heavy atom. The van der Waals surface area contributed by atoms with Crippen LogP contribution in [0, 0.1) is 0 Å². The van der Waals surface area contributed by atoms with Gasteiger partial charge in [-0.3, -0.25) is 0 Å². The molecular weight excluding hydrogens is 242 g/mol. The molecule has 0 aliphatic heterocycles. The zero-order valence-corrected chi connectivity index (χ0v) is 10.5. The van der Waals surface area contributed by atoms with E-state index in [1.165, 1.54) is 6.20 Å². The van der Waals surface area contributed by atoms with Crippen molar-refractivity contribution in [1.29, 1.82) is 0 Å². The van der Waals surface area contributed by atoms with Crippen molar-refractivity contribution in [3.05, 3.63) is 29.3 Å².